The third kappa shape index (κ3) is 3.60. The summed E-state index contributed by atoms with van der Waals surface area (Å²) < 4.78 is 5.14. The highest BCUT2D eigenvalue weighted by molar-refractivity contribution is 5.79. The van der Waals surface area contributed by atoms with Crippen LogP contribution in [0.2, 0.25) is 0 Å². The van der Waals surface area contributed by atoms with Crippen LogP contribution in [0.4, 0.5) is 5.82 Å². The number of nitrogens with zero attached hydrogens (tertiary/aromatic N) is 2. The number of methoxy groups -OCH3 is 1. The molecule has 1 atom stereocenters. The molecule has 1 aromatic rings. The van der Waals surface area contributed by atoms with Gasteiger partial charge >= 0.3 is 0 Å². The lowest BCUT2D eigenvalue weighted by Crippen LogP contribution is -2.44. The number of rotatable bonds is 5. The predicted octanol–water partition coefficient (Wildman–Crippen LogP) is 0.382. The molecule has 0 radical (unpaired) electrons. The molecule has 6 heteroatoms. The van der Waals surface area contributed by atoms with Gasteiger partial charge in [0.05, 0.1) is 13.0 Å². The monoisotopic (exact) mass is 278 g/mol. The van der Waals surface area contributed by atoms with Crippen molar-refractivity contribution >= 4 is 11.7 Å². The summed E-state index contributed by atoms with van der Waals surface area (Å²) in [6.07, 6.45) is 1.90. The highest BCUT2D eigenvalue weighted by atomic mass is 16.5. The number of amides is 1. The van der Waals surface area contributed by atoms with Crippen LogP contribution < -0.4 is 20.7 Å². The van der Waals surface area contributed by atoms with Gasteiger partial charge in [0.1, 0.15) is 5.82 Å². The number of ether oxygens (including phenoxy) is 1. The topological polar surface area (TPSA) is 80.5 Å². The normalized spacial score (nSPS) is 18.7. The van der Waals surface area contributed by atoms with Gasteiger partial charge in [0.15, 0.2) is 0 Å². The quantitative estimate of drug-likeness (QED) is 0.814. The molecule has 3 N–H and O–H groups in total. The molecule has 6 nitrogen and oxygen atoms in total. The van der Waals surface area contributed by atoms with Crippen molar-refractivity contribution in [3.05, 3.63) is 18.2 Å². The van der Waals surface area contributed by atoms with Gasteiger partial charge in [0.2, 0.25) is 11.8 Å². The molecule has 110 valence electrons. The van der Waals surface area contributed by atoms with Crippen molar-refractivity contribution in [2.24, 2.45) is 11.7 Å². The second-order valence-corrected chi connectivity index (χ2v) is 4.90. The Kier molecular flexibility index (Phi) is 5.17. The number of nitrogens with two attached hydrogens (primary N) is 1. The summed E-state index contributed by atoms with van der Waals surface area (Å²) in [5.41, 5.74) is 5.41. The zero-order chi connectivity index (χ0) is 14.4. The molecule has 0 bridgehead atoms. The second kappa shape index (κ2) is 7.09. The first-order valence-electron chi connectivity index (χ1n) is 6.98. The maximum Gasteiger partial charge on any atom is 0.224 e. The summed E-state index contributed by atoms with van der Waals surface area (Å²) in [6, 6.07) is 5.68. The zero-order valence-corrected chi connectivity index (χ0v) is 11.8. The van der Waals surface area contributed by atoms with E-state index >= 15 is 0 Å². The molecule has 1 saturated heterocycles. The molecule has 2 heterocycles. The molecule has 1 unspecified atom stereocenters. The van der Waals surface area contributed by atoms with E-state index in [9.17, 15) is 4.79 Å². The highest BCUT2D eigenvalue weighted by Gasteiger charge is 2.26. The average molecular weight is 278 g/mol. The Hall–Kier alpha value is -1.82. The van der Waals surface area contributed by atoms with E-state index in [0.29, 0.717) is 25.5 Å². The molecule has 1 amide bonds. The van der Waals surface area contributed by atoms with Crippen LogP contribution in [0.5, 0.6) is 5.88 Å². The summed E-state index contributed by atoms with van der Waals surface area (Å²) in [5, 5.41) is 2.86. The van der Waals surface area contributed by atoms with Crippen LogP contribution in [0.15, 0.2) is 18.2 Å². The fraction of sp³-hybridized carbons (Fsp3) is 0.571. The first-order valence-corrected chi connectivity index (χ1v) is 6.98. The largest absolute Gasteiger partial charge is 0.481 e. The van der Waals surface area contributed by atoms with Crippen LogP contribution in [0, 0.1) is 5.92 Å². The Bertz CT molecular complexity index is 453. The molecule has 0 saturated carbocycles. The number of carbonyl (C=O) groups is 1. The standard InChI is InChI=1S/C14H22N4O2/c1-20-13-6-2-5-12(17-13)18-9-3-4-11(10-18)14(19)16-8-7-15/h2,5-6,11H,3-4,7-10,15H2,1H3,(H,16,19). The SMILES string of the molecule is COc1cccc(N2CCCC(C(=O)NCCN)C2)n1. The van der Waals surface area contributed by atoms with Gasteiger partial charge in [-0.25, -0.2) is 0 Å². The Labute approximate surface area is 119 Å². The van der Waals surface area contributed by atoms with Crippen LogP contribution in [-0.2, 0) is 4.79 Å². The fourth-order valence-electron chi connectivity index (χ4n) is 2.43. The van der Waals surface area contributed by atoms with E-state index in [4.69, 9.17) is 10.5 Å². The maximum absolute atomic E-state index is 12.0. The molecule has 1 fully saturated rings. The van der Waals surface area contributed by atoms with Crippen molar-refractivity contribution in [2.45, 2.75) is 12.8 Å². The van der Waals surface area contributed by atoms with Crippen molar-refractivity contribution in [3.63, 3.8) is 0 Å². The van der Waals surface area contributed by atoms with Gasteiger partial charge < -0.3 is 20.7 Å². The van der Waals surface area contributed by atoms with Crippen molar-refractivity contribution in [2.75, 3.05) is 38.2 Å². The Morgan fingerprint density at radius 2 is 2.45 bits per heavy atom. The summed E-state index contributed by atoms with van der Waals surface area (Å²) in [6.45, 7) is 2.61. The van der Waals surface area contributed by atoms with Gasteiger partial charge in [-0.15, -0.1) is 0 Å². The van der Waals surface area contributed by atoms with E-state index < -0.39 is 0 Å². The van der Waals surface area contributed by atoms with E-state index in [2.05, 4.69) is 15.2 Å². The number of pyridine rings is 1. The van der Waals surface area contributed by atoms with Crippen molar-refractivity contribution in [3.8, 4) is 5.88 Å². The van der Waals surface area contributed by atoms with Gasteiger partial charge in [-0.05, 0) is 18.9 Å². The van der Waals surface area contributed by atoms with Crippen LogP contribution >= 0.6 is 0 Å². The smallest absolute Gasteiger partial charge is 0.224 e. The van der Waals surface area contributed by atoms with Crippen molar-refractivity contribution in [1.29, 1.82) is 0 Å². The Balaban J connectivity index is 2.00. The van der Waals surface area contributed by atoms with E-state index in [1.807, 2.05) is 18.2 Å². The molecule has 1 aromatic heterocycles. The molecule has 20 heavy (non-hydrogen) atoms. The lowest BCUT2D eigenvalue weighted by Gasteiger charge is -2.32. The summed E-state index contributed by atoms with van der Waals surface area (Å²) in [5.74, 6) is 1.55. The summed E-state index contributed by atoms with van der Waals surface area (Å²) in [7, 11) is 1.60. The lowest BCUT2D eigenvalue weighted by molar-refractivity contribution is -0.125. The number of aromatic nitrogens is 1. The summed E-state index contributed by atoms with van der Waals surface area (Å²) in [4.78, 5) is 18.6. The van der Waals surface area contributed by atoms with E-state index in [1.165, 1.54) is 0 Å². The minimum absolute atomic E-state index is 0.00306. The third-order valence-electron chi connectivity index (χ3n) is 3.48. The van der Waals surface area contributed by atoms with Crippen LogP contribution in [0.1, 0.15) is 12.8 Å². The fourth-order valence-corrected chi connectivity index (χ4v) is 2.43. The third-order valence-corrected chi connectivity index (χ3v) is 3.48. The molecule has 1 aliphatic heterocycles. The molecule has 0 spiro atoms. The van der Waals surface area contributed by atoms with Gasteiger partial charge in [0.25, 0.3) is 0 Å². The molecular formula is C14H22N4O2. The average Bonchev–Trinajstić information content (AvgIpc) is 2.52. The first kappa shape index (κ1) is 14.6. The number of hydrogen-bond donors (Lipinski definition) is 2. The van der Waals surface area contributed by atoms with Crippen molar-refractivity contribution < 1.29 is 9.53 Å². The predicted molar refractivity (Wildman–Crippen MR) is 77.8 cm³/mol. The van der Waals surface area contributed by atoms with Crippen molar-refractivity contribution in [1.82, 2.24) is 10.3 Å². The number of piperidine rings is 1. The molecular weight excluding hydrogens is 256 g/mol. The number of nitrogens with one attached hydrogen (secondary N) is 1. The minimum atomic E-state index is 0.00306. The Morgan fingerprint density at radius 3 is 3.20 bits per heavy atom. The van der Waals surface area contributed by atoms with E-state index in [0.717, 1.165) is 25.2 Å². The number of anilines is 1. The van der Waals surface area contributed by atoms with E-state index in [-0.39, 0.29) is 11.8 Å². The number of carbonyl (C=O) groups excluding carboxylic acids is 1. The van der Waals surface area contributed by atoms with Gasteiger partial charge in [-0.1, -0.05) is 6.07 Å². The molecule has 0 aliphatic carbocycles. The van der Waals surface area contributed by atoms with Gasteiger partial charge in [-0.2, -0.15) is 4.98 Å². The molecule has 0 aromatic carbocycles. The Morgan fingerprint density at radius 1 is 1.60 bits per heavy atom. The second-order valence-electron chi connectivity index (χ2n) is 4.90. The van der Waals surface area contributed by atoms with Gasteiger partial charge in [-0.3, -0.25) is 4.79 Å². The zero-order valence-electron chi connectivity index (χ0n) is 11.8. The van der Waals surface area contributed by atoms with Crippen LogP contribution in [-0.4, -0.2) is 44.2 Å². The lowest BCUT2D eigenvalue weighted by atomic mass is 9.97. The van der Waals surface area contributed by atoms with Crippen LogP contribution in [0.3, 0.4) is 0 Å². The summed E-state index contributed by atoms with van der Waals surface area (Å²) >= 11 is 0. The molecule has 1 aliphatic rings. The van der Waals surface area contributed by atoms with E-state index in [1.54, 1.807) is 7.11 Å². The first-order chi connectivity index (χ1) is 9.74. The highest BCUT2D eigenvalue weighted by Crippen LogP contribution is 2.23. The maximum atomic E-state index is 12.0. The van der Waals surface area contributed by atoms with Gasteiger partial charge in [0, 0.05) is 32.2 Å². The minimum Gasteiger partial charge on any atom is -0.481 e. The number of hydrogen-bond acceptors (Lipinski definition) is 5. The van der Waals surface area contributed by atoms with Crippen LogP contribution in [0.25, 0.3) is 0 Å². The molecule has 2 rings (SSSR count).